The third kappa shape index (κ3) is 4.10. The van der Waals surface area contributed by atoms with Crippen LogP contribution in [0.1, 0.15) is 13.3 Å². The number of carbonyl (C=O) groups is 1. The average molecular weight is 287 g/mol. The van der Waals surface area contributed by atoms with Gasteiger partial charge in [-0.1, -0.05) is 0 Å². The predicted molar refractivity (Wildman–Crippen MR) is 68.3 cm³/mol. The van der Waals surface area contributed by atoms with E-state index in [0.717, 1.165) is 10.2 Å². The van der Waals surface area contributed by atoms with Gasteiger partial charge in [0.25, 0.3) is 0 Å². The highest BCUT2D eigenvalue weighted by Crippen LogP contribution is 2.24. The maximum Gasteiger partial charge on any atom is 0.307 e. The second kappa shape index (κ2) is 6.37. The summed E-state index contributed by atoms with van der Waals surface area (Å²) in [5.41, 5.74) is 7.22. The van der Waals surface area contributed by atoms with Gasteiger partial charge in [0.05, 0.1) is 13.0 Å². The lowest BCUT2D eigenvalue weighted by atomic mass is 10.3. The molecule has 0 spiro atoms. The van der Waals surface area contributed by atoms with E-state index in [1.807, 2.05) is 12.1 Å². The van der Waals surface area contributed by atoms with E-state index in [-0.39, 0.29) is 5.97 Å². The van der Waals surface area contributed by atoms with E-state index in [2.05, 4.69) is 21.2 Å². The Morgan fingerprint density at radius 3 is 2.94 bits per heavy atom. The minimum Gasteiger partial charge on any atom is -0.466 e. The molecular formula is C11H15BrN2O2. The standard InChI is InChI=1S/C11H15BrN2O2/c1-2-16-11(15)5-6-14-10-4-3-8(13)7-9(10)12/h3-4,7,14H,2,5-6,13H2,1H3. The van der Waals surface area contributed by atoms with Crippen molar-refractivity contribution in [3.05, 3.63) is 22.7 Å². The van der Waals surface area contributed by atoms with Crippen molar-refractivity contribution in [3.63, 3.8) is 0 Å². The number of nitrogen functional groups attached to an aromatic ring is 1. The van der Waals surface area contributed by atoms with E-state index in [1.54, 1.807) is 13.0 Å². The normalized spacial score (nSPS) is 9.88. The van der Waals surface area contributed by atoms with E-state index in [9.17, 15) is 4.79 Å². The van der Waals surface area contributed by atoms with Crippen molar-refractivity contribution < 1.29 is 9.53 Å². The lowest BCUT2D eigenvalue weighted by Crippen LogP contribution is -2.11. The summed E-state index contributed by atoms with van der Waals surface area (Å²) in [6, 6.07) is 5.48. The topological polar surface area (TPSA) is 64.3 Å². The minimum absolute atomic E-state index is 0.193. The quantitative estimate of drug-likeness (QED) is 0.644. The number of esters is 1. The Labute approximate surface area is 103 Å². The van der Waals surface area contributed by atoms with Crippen molar-refractivity contribution in [2.24, 2.45) is 0 Å². The fraction of sp³-hybridized carbons (Fsp3) is 0.364. The molecular weight excluding hydrogens is 272 g/mol. The zero-order valence-corrected chi connectivity index (χ0v) is 10.7. The highest BCUT2D eigenvalue weighted by molar-refractivity contribution is 9.10. The Balaban J connectivity index is 2.40. The van der Waals surface area contributed by atoms with Gasteiger partial charge in [0, 0.05) is 22.4 Å². The summed E-state index contributed by atoms with van der Waals surface area (Å²) in [6.45, 7) is 2.76. The predicted octanol–water partition coefficient (Wildman–Crippen LogP) is 2.40. The van der Waals surface area contributed by atoms with Crippen molar-refractivity contribution in [2.45, 2.75) is 13.3 Å². The first kappa shape index (κ1) is 12.8. The van der Waals surface area contributed by atoms with Crippen molar-refractivity contribution in [3.8, 4) is 0 Å². The van der Waals surface area contributed by atoms with E-state index < -0.39 is 0 Å². The molecule has 0 saturated carbocycles. The van der Waals surface area contributed by atoms with Crippen LogP contribution in [0.4, 0.5) is 11.4 Å². The molecule has 16 heavy (non-hydrogen) atoms. The number of anilines is 2. The Morgan fingerprint density at radius 2 is 2.31 bits per heavy atom. The van der Waals surface area contributed by atoms with E-state index in [1.165, 1.54) is 0 Å². The van der Waals surface area contributed by atoms with Crippen LogP contribution >= 0.6 is 15.9 Å². The highest BCUT2D eigenvalue weighted by Gasteiger charge is 2.03. The van der Waals surface area contributed by atoms with Crippen LogP contribution in [-0.4, -0.2) is 19.1 Å². The second-order valence-corrected chi connectivity index (χ2v) is 4.08. The van der Waals surface area contributed by atoms with E-state index in [0.29, 0.717) is 25.3 Å². The maximum absolute atomic E-state index is 11.1. The molecule has 0 unspecified atom stereocenters. The van der Waals surface area contributed by atoms with E-state index in [4.69, 9.17) is 10.5 Å². The summed E-state index contributed by atoms with van der Waals surface area (Å²) < 4.78 is 5.70. The average Bonchev–Trinajstić information content (AvgIpc) is 2.22. The number of carbonyl (C=O) groups excluding carboxylic acids is 1. The molecule has 3 N–H and O–H groups in total. The van der Waals surface area contributed by atoms with Crippen LogP contribution in [0.15, 0.2) is 22.7 Å². The molecule has 88 valence electrons. The molecule has 1 rings (SSSR count). The van der Waals surface area contributed by atoms with Gasteiger partial charge in [-0.05, 0) is 41.1 Å². The summed E-state index contributed by atoms with van der Waals surface area (Å²) in [7, 11) is 0. The molecule has 5 heteroatoms. The monoisotopic (exact) mass is 286 g/mol. The van der Waals surface area contributed by atoms with Crippen LogP contribution in [0.3, 0.4) is 0 Å². The zero-order chi connectivity index (χ0) is 12.0. The molecule has 0 fully saturated rings. The molecule has 0 saturated heterocycles. The van der Waals surface area contributed by atoms with Crippen LogP contribution in [0.5, 0.6) is 0 Å². The number of benzene rings is 1. The van der Waals surface area contributed by atoms with Crippen molar-refractivity contribution in [1.29, 1.82) is 0 Å². The zero-order valence-electron chi connectivity index (χ0n) is 9.13. The largest absolute Gasteiger partial charge is 0.466 e. The molecule has 0 aliphatic carbocycles. The summed E-state index contributed by atoms with van der Waals surface area (Å²) in [6.07, 6.45) is 0.352. The molecule has 0 radical (unpaired) electrons. The number of hydrogen-bond acceptors (Lipinski definition) is 4. The Morgan fingerprint density at radius 1 is 1.56 bits per heavy atom. The lowest BCUT2D eigenvalue weighted by Gasteiger charge is -2.08. The maximum atomic E-state index is 11.1. The van der Waals surface area contributed by atoms with Gasteiger partial charge in [-0.2, -0.15) is 0 Å². The van der Waals surface area contributed by atoms with Crippen LogP contribution in [0.25, 0.3) is 0 Å². The van der Waals surface area contributed by atoms with Crippen LogP contribution in [-0.2, 0) is 9.53 Å². The van der Waals surface area contributed by atoms with Crippen LogP contribution < -0.4 is 11.1 Å². The summed E-state index contributed by atoms with van der Waals surface area (Å²) >= 11 is 3.39. The van der Waals surface area contributed by atoms with Gasteiger partial charge < -0.3 is 15.8 Å². The summed E-state index contributed by atoms with van der Waals surface area (Å²) in [4.78, 5) is 11.1. The first-order valence-electron chi connectivity index (χ1n) is 5.08. The van der Waals surface area contributed by atoms with Crippen molar-refractivity contribution in [2.75, 3.05) is 24.2 Å². The first-order chi connectivity index (χ1) is 7.63. The number of hydrogen-bond donors (Lipinski definition) is 2. The molecule has 0 amide bonds. The number of nitrogens with two attached hydrogens (primary N) is 1. The first-order valence-corrected chi connectivity index (χ1v) is 5.87. The SMILES string of the molecule is CCOC(=O)CCNc1ccc(N)cc1Br. The van der Waals surface area contributed by atoms with Gasteiger partial charge in [-0.25, -0.2) is 0 Å². The van der Waals surface area contributed by atoms with Gasteiger partial charge in [0.2, 0.25) is 0 Å². The van der Waals surface area contributed by atoms with Crippen molar-refractivity contribution >= 4 is 33.3 Å². The van der Waals surface area contributed by atoms with Gasteiger partial charge in [-0.3, -0.25) is 4.79 Å². The fourth-order valence-electron chi connectivity index (χ4n) is 1.21. The molecule has 0 bridgehead atoms. The number of halogens is 1. The van der Waals surface area contributed by atoms with Crippen LogP contribution in [0, 0.1) is 0 Å². The number of rotatable bonds is 5. The Kier molecular flexibility index (Phi) is 5.11. The van der Waals surface area contributed by atoms with Crippen LogP contribution in [0.2, 0.25) is 0 Å². The number of ether oxygens (including phenoxy) is 1. The minimum atomic E-state index is -0.193. The summed E-state index contributed by atoms with van der Waals surface area (Å²) in [5.74, 6) is -0.193. The fourth-order valence-corrected chi connectivity index (χ4v) is 1.74. The molecule has 0 aromatic heterocycles. The van der Waals surface area contributed by atoms with Gasteiger partial charge in [0.15, 0.2) is 0 Å². The van der Waals surface area contributed by atoms with Gasteiger partial charge in [0.1, 0.15) is 0 Å². The van der Waals surface area contributed by atoms with Gasteiger partial charge >= 0.3 is 5.97 Å². The Bertz CT molecular complexity index is 369. The molecule has 1 aromatic carbocycles. The van der Waals surface area contributed by atoms with Gasteiger partial charge in [-0.15, -0.1) is 0 Å². The number of nitrogens with one attached hydrogen (secondary N) is 1. The molecule has 4 nitrogen and oxygen atoms in total. The molecule has 0 aliphatic heterocycles. The third-order valence-corrected chi connectivity index (χ3v) is 2.60. The second-order valence-electron chi connectivity index (χ2n) is 3.22. The molecule has 0 heterocycles. The van der Waals surface area contributed by atoms with E-state index >= 15 is 0 Å². The highest BCUT2D eigenvalue weighted by atomic mass is 79.9. The molecule has 0 atom stereocenters. The molecule has 0 aliphatic rings. The molecule has 1 aromatic rings. The Hall–Kier alpha value is -1.23. The summed E-state index contributed by atoms with van der Waals surface area (Å²) in [5, 5.41) is 3.13. The lowest BCUT2D eigenvalue weighted by molar-refractivity contribution is -0.142. The van der Waals surface area contributed by atoms with Crippen molar-refractivity contribution in [1.82, 2.24) is 0 Å². The third-order valence-electron chi connectivity index (χ3n) is 1.94. The smallest absolute Gasteiger partial charge is 0.307 e.